The van der Waals surface area contributed by atoms with Crippen molar-refractivity contribution in [1.82, 2.24) is 9.97 Å². The summed E-state index contributed by atoms with van der Waals surface area (Å²) >= 11 is 5.77. The molecule has 0 spiro atoms. The van der Waals surface area contributed by atoms with Gasteiger partial charge in [0, 0.05) is 12.4 Å². The van der Waals surface area contributed by atoms with Crippen molar-refractivity contribution in [3.05, 3.63) is 52.9 Å². The molecule has 17 heavy (non-hydrogen) atoms. The number of nitrogens with one attached hydrogen (secondary N) is 1. The van der Waals surface area contributed by atoms with E-state index in [-0.39, 0.29) is 0 Å². The fourth-order valence-corrected chi connectivity index (χ4v) is 1.72. The van der Waals surface area contributed by atoms with E-state index in [4.69, 9.17) is 11.6 Å². The normalized spacial score (nSPS) is 10.2. The Morgan fingerprint density at radius 3 is 2.82 bits per heavy atom. The van der Waals surface area contributed by atoms with Crippen LogP contribution in [0, 0.1) is 0 Å². The molecular weight excluding hydrogens is 234 g/mol. The summed E-state index contributed by atoms with van der Waals surface area (Å²) in [5.41, 5.74) is 2.32. The summed E-state index contributed by atoms with van der Waals surface area (Å²) in [4.78, 5) is 8.54. The molecule has 0 aliphatic heterocycles. The highest BCUT2D eigenvalue weighted by molar-refractivity contribution is 6.30. The third-order valence-corrected chi connectivity index (χ3v) is 2.75. The van der Waals surface area contributed by atoms with Gasteiger partial charge in [-0.2, -0.15) is 0 Å². The molecule has 3 nitrogen and oxygen atoms in total. The summed E-state index contributed by atoms with van der Waals surface area (Å²) in [5, 5.41) is 3.87. The van der Waals surface area contributed by atoms with Gasteiger partial charge in [0.15, 0.2) is 0 Å². The van der Waals surface area contributed by atoms with Gasteiger partial charge < -0.3 is 5.32 Å². The van der Waals surface area contributed by atoms with E-state index in [0.717, 1.165) is 17.9 Å². The molecule has 0 bridgehead atoms. The maximum atomic E-state index is 5.77. The van der Waals surface area contributed by atoms with Crippen molar-refractivity contribution in [3.63, 3.8) is 0 Å². The van der Waals surface area contributed by atoms with E-state index in [1.807, 2.05) is 24.4 Å². The highest BCUT2D eigenvalue weighted by Gasteiger charge is 2.01. The molecular formula is C13H14ClN3. The first-order chi connectivity index (χ1) is 8.29. The third-order valence-electron chi connectivity index (χ3n) is 2.53. The number of hydrogen-bond acceptors (Lipinski definition) is 3. The Morgan fingerprint density at radius 1 is 1.24 bits per heavy atom. The summed E-state index contributed by atoms with van der Waals surface area (Å²) in [7, 11) is 0. The van der Waals surface area contributed by atoms with Crippen LogP contribution < -0.4 is 5.32 Å². The smallest absolute Gasteiger partial charge is 0.126 e. The van der Waals surface area contributed by atoms with Crippen LogP contribution in [0.5, 0.6) is 0 Å². The van der Waals surface area contributed by atoms with E-state index >= 15 is 0 Å². The van der Waals surface area contributed by atoms with Crippen LogP contribution in [0.15, 0.2) is 36.7 Å². The van der Waals surface area contributed by atoms with Gasteiger partial charge in [0.05, 0.1) is 17.3 Å². The largest absolute Gasteiger partial charge is 0.364 e. The summed E-state index contributed by atoms with van der Waals surface area (Å²) in [6, 6.07) is 7.73. The van der Waals surface area contributed by atoms with Crippen molar-refractivity contribution in [3.8, 4) is 0 Å². The molecule has 2 aromatic heterocycles. The Kier molecular flexibility index (Phi) is 3.94. The van der Waals surface area contributed by atoms with Gasteiger partial charge in [-0.3, -0.25) is 4.98 Å². The number of pyridine rings is 2. The van der Waals surface area contributed by atoms with E-state index < -0.39 is 0 Å². The zero-order chi connectivity index (χ0) is 12.1. The predicted molar refractivity (Wildman–Crippen MR) is 70.2 cm³/mol. The van der Waals surface area contributed by atoms with Gasteiger partial charge in [-0.05, 0) is 30.2 Å². The second-order valence-electron chi connectivity index (χ2n) is 3.68. The fraction of sp³-hybridized carbons (Fsp3) is 0.231. The molecule has 0 amide bonds. The van der Waals surface area contributed by atoms with Crippen LogP contribution in [-0.2, 0) is 13.0 Å². The van der Waals surface area contributed by atoms with E-state index in [2.05, 4.69) is 28.3 Å². The molecule has 0 aliphatic rings. The van der Waals surface area contributed by atoms with Crippen molar-refractivity contribution < 1.29 is 0 Å². The number of nitrogens with zero attached hydrogens (tertiary/aromatic N) is 2. The van der Waals surface area contributed by atoms with Gasteiger partial charge >= 0.3 is 0 Å². The van der Waals surface area contributed by atoms with Gasteiger partial charge in [-0.15, -0.1) is 0 Å². The molecule has 0 atom stereocenters. The van der Waals surface area contributed by atoms with E-state index in [0.29, 0.717) is 11.6 Å². The molecule has 88 valence electrons. The average Bonchev–Trinajstić information content (AvgIpc) is 2.38. The summed E-state index contributed by atoms with van der Waals surface area (Å²) in [6.45, 7) is 2.81. The summed E-state index contributed by atoms with van der Waals surface area (Å²) < 4.78 is 0. The lowest BCUT2D eigenvalue weighted by Crippen LogP contribution is -2.05. The first kappa shape index (κ1) is 11.9. The minimum atomic E-state index is 0.641. The van der Waals surface area contributed by atoms with Gasteiger partial charge in [-0.25, -0.2) is 4.98 Å². The van der Waals surface area contributed by atoms with E-state index in [9.17, 15) is 0 Å². The monoisotopic (exact) mass is 247 g/mol. The highest BCUT2D eigenvalue weighted by Crippen LogP contribution is 2.12. The number of aromatic nitrogens is 2. The number of anilines is 1. The number of rotatable bonds is 4. The molecule has 2 heterocycles. The van der Waals surface area contributed by atoms with Gasteiger partial charge in [-0.1, -0.05) is 24.6 Å². The third kappa shape index (κ3) is 3.17. The first-order valence-corrected chi connectivity index (χ1v) is 5.95. The van der Waals surface area contributed by atoms with Crippen molar-refractivity contribution in [2.24, 2.45) is 0 Å². The van der Waals surface area contributed by atoms with E-state index in [1.54, 1.807) is 6.20 Å². The molecule has 4 heteroatoms. The van der Waals surface area contributed by atoms with Crippen molar-refractivity contribution in [1.29, 1.82) is 0 Å². The van der Waals surface area contributed by atoms with Gasteiger partial charge in [0.25, 0.3) is 0 Å². The first-order valence-electron chi connectivity index (χ1n) is 5.58. The van der Waals surface area contributed by atoms with Gasteiger partial charge in [0.1, 0.15) is 5.82 Å². The lowest BCUT2D eigenvalue weighted by Gasteiger charge is -2.08. The van der Waals surface area contributed by atoms with Crippen LogP contribution >= 0.6 is 11.6 Å². The molecule has 0 saturated heterocycles. The SMILES string of the molecule is CCc1cccnc1CNc1ccc(Cl)cn1. The van der Waals surface area contributed by atoms with Crippen LogP contribution in [0.25, 0.3) is 0 Å². The Morgan fingerprint density at radius 2 is 2.12 bits per heavy atom. The van der Waals surface area contributed by atoms with Crippen LogP contribution in [-0.4, -0.2) is 9.97 Å². The lowest BCUT2D eigenvalue weighted by atomic mass is 10.1. The molecule has 2 rings (SSSR count). The molecule has 0 fully saturated rings. The Balaban J connectivity index is 2.04. The van der Waals surface area contributed by atoms with E-state index in [1.165, 1.54) is 5.56 Å². The topological polar surface area (TPSA) is 37.8 Å². The Bertz CT molecular complexity index is 482. The standard InChI is InChI=1S/C13H14ClN3/c1-2-10-4-3-7-15-12(10)9-17-13-6-5-11(14)8-16-13/h3-8H,2,9H2,1H3,(H,16,17). The minimum Gasteiger partial charge on any atom is -0.364 e. The second kappa shape index (κ2) is 5.64. The lowest BCUT2D eigenvalue weighted by molar-refractivity contribution is 0.964. The number of hydrogen-bond donors (Lipinski definition) is 1. The molecule has 0 saturated carbocycles. The molecule has 2 aromatic rings. The summed E-state index contributed by atoms with van der Waals surface area (Å²) in [6.07, 6.45) is 4.42. The maximum Gasteiger partial charge on any atom is 0.126 e. The fourth-order valence-electron chi connectivity index (χ4n) is 1.61. The van der Waals surface area contributed by atoms with Gasteiger partial charge in [0.2, 0.25) is 0 Å². The molecule has 0 unspecified atom stereocenters. The number of aryl methyl sites for hydroxylation is 1. The Hall–Kier alpha value is -1.61. The quantitative estimate of drug-likeness (QED) is 0.901. The number of halogens is 1. The van der Waals surface area contributed by atoms with Crippen LogP contribution in [0.2, 0.25) is 5.02 Å². The van der Waals surface area contributed by atoms with Crippen LogP contribution in [0.3, 0.4) is 0 Å². The summed E-state index contributed by atoms with van der Waals surface area (Å²) in [5.74, 6) is 0.808. The van der Waals surface area contributed by atoms with Crippen LogP contribution in [0.4, 0.5) is 5.82 Å². The Labute approximate surface area is 106 Å². The zero-order valence-electron chi connectivity index (χ0n) is 9.65. The van der Waals surface area contributed by atoms with Crippen molar-refractivity contribution in [2.45, 2.75) is 19.9 Å². The molecule has 0 aromatic carbocycles. The maximum absolute atomic E-state index is 5.77. The average molecular weight is 248 g/mol. The second-order valence-corrected chi connectivity index (χ2v) is 4.11. The molecule has 0 aliphatic carbocycles. The predicted octanol–water partition coefficient (Wildman–Crippen LogP) is 3.30. The van der Waals surface area contributed by atoms with Crippen LogP contribution in [0.1, 0.15) is 18.2 Å². The minimum absolute atomic E-state index is 0.641. The van der Waals surface area contributed by atoms with Crippen molar-refractivity contribution in [2.75, 3.05) is 5.32 Å². The highest BCUT2D eigenvalue weighted by atomic mass is 35.5. The van der Waals surface area contributed by atoms with Crippen molar-refractivity contribution >= 4 is 17.4 Å². The molecule has 1 N–H and O–H groups in total. The zero-order valence-corrected chi connectivity index (χ0v) is 10.4. The molecule has 0 radical (unpaired) electrons.